The van der Waals surface area contributed by atoms with Crippen molar-refractivity contribution in [2.24, 2.45) is 0 Å². The molecule has 0 saturated carbocycles. The largest absolute Gasteiger partial charge is 0.444 e. The zero-order chi connectivity index (χ0) is 17.6. The molecule has 1 atom stereocenters. The molecule has 1 unspecified atom stereocenters. The van der Waals surface area contributed by atoms with E-state index >= 15 is 0 Å². The lowest BCUT2D eigenvalue weighted by molar-refractivity contribution is -0.0498. The van der Waals surface area contributed by atoms with Gasteiger partial charge in [0.15, 0.2) is 5.78 Å². The van der Waals surface area contributed by atoms with Crippen LogP contribution in [0.1, 0.15) is 44.5 Å². The first kappa shape index (κ1) is 18.9. The Balaban J connectivity index is 2.53. The average molecular weight is 329 g/mol. The summed E-state index contributed by atoms with van der Waals surface area (Å²) in [5, 5.41) is 2.57. The van der Waals surface area contributed by atoms with Crippen molar-refractivity contribution in [3.05, 3.63) is 29.8 Å². The van der Waals surface area contributed by atoms with Crippen molar-refractivity contribution < 1.29 is 27.8 Å². The molecule has 1 rings (SSSR count). The standard InChI is InChI=1S/C16H21F2NO4/c1-10(19-15(21)23-16(2,3)4)9-13(20)11-5-7-12(8-6-11)22-14(17)18/h5-8,10,14H,9H2,1-4H3,(H,19,21). The first-order chi connectivity index (χ1) is 10.6. The predicted molar refractivity (Wildman–Crippen MR) is 80.9 cm³/mol. The topological polar surface area (TPSA) is 64.6 Å². The zero-order valence-corrected chi connectivity index (χ0v) is 13.6. The molecule has 0 spiro atoms. The van der Waals surface area contributed by atoms with Gasteiger partial charge in [-0.25, -0.2) is 4.79 Å². The maximum absolute atomic E-state index is 12.1. The molecule has 128 valence electrons. The van der Waals surface area contributed by atoms with Crippen LogP contribution in [-0.2, 0) is 4.74 Å². The molecule has 1 N–H and O–H groups in total. The minimum atomic E-state index is -2.91. The molecule has 0 radical (unpaired) electrons. The third-order valence-electron chi connectivity index (χ3n) is 2.66. The molecule has 7 heteroatoms. The molecule has 0 aliphatic rings. The van der Waals surface area contributed by atoms with Crippen molar-refractivity contribution in [2.75, 3.05) is 0 Å². The van der Waals surface area contributed by atoms with E-state index in [0.29, 0.717) is 5.56 Å². The molecule has 0 saturated heterocycles. The second kappa shape index (κ2) is 7.89. The van der Waals surface area contributed by atoms with Gasteiger partial charge >= 0.3 is 12.7 Å². The number of carbonyl (C=O) groups excluding carboxylic acids is 2. The molecule has 0 heterocycles. The third-order valence-corrected chi connectivity index (χ3v) is 2.66. The second-order valence-corrected chi connectivity index (χ2v) is 6.08. The Kier molecular flexibility index (Phi) is 6.48. The van der Waals surface area contributed by atoms with E-state index in [1.807, 2.05) is 0 Å². The highest BCUT2D eigenvalue weighted by atomic mass is 19.3. The quantitative estimate of drug-likeness (QED) is 0.807. The fraction of sp³-hybridized carbons (Fsp3) is 0.500. The number of Topliss-reactive ketones (excluding diaryl/α,β-unsaturated/α-hetero) is 1. The summed E-state index contributed by atoms with van der Waals surface area (Å²) in [4.78, 5) is 23.7. The summed E-state index contributed by atoms with van der Waals surface area (Å²) in [6, 6.07) is 4.98. The average Bonchev–Trinajstić information content (AvgIpc) is 2.35. The molecule has 1 amide bonds. The lowest BCUT2D eigenvalue weighted by Gasteiger charge is -2.21. The number of halogens is 2. The molecule has 0 fully saturated rings. The van der Waals surface area contributed by atoms with Gasteiger partial charge in [0.2, 0.25) is 0 Å². The summed E-state index contributed by atoms with van der Waals surface area (Å²) in [6.45, 7) is 3.99. The van der Waals surface area contributed by atoms with Crippen LogP contribution >= 0.6 is 0 Å². The van der Waals surface area contributed by atoms with E-state index in [-0.39, 0.29) is 18.0 Å². The van der Waals surface area contributed by atoms with Gasteiger partial charge in [0.1, 0.15) is 11.4 Å². The van der Waals surface area contributed by atoms with Crippen LogP contribution in [-0.4, -0.2) is 30.1 Å². The molecule has 1 aromatic rings. The van der Waals surface area contributed by atoms with E-state index in [1.54, 1.807) is 27.7 Å². The van der Waals surface area contributed by atoms with Gasteiger partial charge in [-0.3, -0.25) is 4.79 Å². The summed E-state index contributed by atoms with van der Waals surface area (Å²) < 4.78 is 33.4. The number of alkyl carbamates (subject to hydrolysis) is 1. The minimum Gasteiger partial charge on any atom is -0.444 e. The Bertz CT molecular complexity index is 538. The summed E-state index contributed by atoms with van der Waals surface area (Å²) >= 11 is 0. The Morgan fingerprint density at radius 3 is 2.22 bits per heavy atom. The normalized spacial score (nSPS) is 12.7. The predicted octanol–water partition coefficient (Wildman–Crippen LogP) is 3.77. The van der Waals surface area contributed by atoms with Gasteiger partial charge in [-0.1, -0.05) is 0 Å². The van der Waals surface area contributed by atoms with E-state index in [9.17, 15) is 18.4 Å². The summed E-state index contributed by atoms with van der Waals surface area (Å²) in [5.41, 5.74) is -0.265. The number of benzene rings is 1. The number of rotatable bonds is 6. The smallest absolute Gasteiger partial charge is 0.407 e. The van der Waals surface area contributed by atoms with Crippen LogP contribution in [0.15, 0.2) is 24.3 Å². The maximum atomic E-state index is 12.1. The third kappa shape index (κ3) is 7.58. The first-order valence-corrected chi connectivity index (χ1v) is 7.14. The zero-order valence-electron chi connectivity index (χ0n) is 13.6. The second-order valence-electron chi connectivity index (χ2n) is 6.08. The van der Waals surface area contributed by atoms with Crippen molar-refractivity contribution in [1.82, 2.24) is 5.32 Å². The Morgan fingerprint density at radius 1 is 1.17 bits per heavy atom. The molecule has 0 aromatic heterocycles. The van der Waals surface area contributed by atoms with Crippen molar-refractivity contribution in [2.45, 2.75) is 52.4 Å². The van der Waals surface area contributed by atoms with Crippen LogP contribution in [0.3, 0.4) is 0 Å². The van der Waals surface area contributed by atoms with Gasteiger partial charge in [0.25, 0.3) is 0 Å². The van der Waals surface area contributed by atoms with E-state index in [0.717, 1.165) is 0 Å². The lowest BCUT2D eigenvalue weighted by Crippen LogP contribution is -2.38. The van der Waals surface area contributed by atoms with Gasteiger partial charge in [0, 0.05) is 18.0 Å². The number of hydrogen-bond donors (Lipinski definition) is 1. The van der Waals surface area contributed by atoms with Crippen LogP contribution in [0.25, 0.3) is 0 Å². The minimum absolute atomic E-state index is 0.0171. The van der Waals surface area contributed by atoms with Gasteiger partial charge in [-0.05, 0) is 52.0 Å². The molecule has 0 aliphatic carbocycles. The van der Waals surface area contributed by atoms with Crippen LogP contribution in [0.4, 0.5) is 13.6 Å². The highest BCUT2D eigenvalue weighted by Crippen LogP contribution is 2.16. The van der Waals surface area contributed by atoms with Gasteiger partial charge in [-0.15, -0.1) is 0 Å². The lowest BCUT2D eigenvalue weighted by atomic mass is 10.0. The van der Waals surface area contributed by atoms with Crippen LogP contribution < -0.4 is 10.1 Å². The van der Waals surface area contributed by atoms with Crippen LogP contribution in [0, 0.1) is 0 Å². The Hall–Kier alpha value is -2.18. The number of nitrogens with one attached hydrogen (secondary N) is 1. The Morgan fingerprint density at radius 2 is 1.74 bits per heavy atom. The van der Waals surface area contributed by atoms with E-state index in [4.69, 9.17) is 4.74 Å². The van der Waals surface area contributed by atoms with E-state index < -0.39 is 24.3 Å². The van der Waals surface area contributed by atoms with E-state index in [2.05, 4.69) is 10.1 Å². The van der Waals surface area contributed by atoms with Gasteiger partial charge in [0.05, 0.1) is 0 Å². The fourth-order valence-electron chi connectivity index (χ4n) is 1.78. The SMILES string of the molecule is CC(CC(=O)c1ccc(OC(F)F)cc1)NC(=O)OC(C)(C)C. The van der Waals surface area contributed by atoms with Crippen molar-refractivity contribution in [1.29, 1.82) is 0 Å². The highest BCUT2D eigenvalue weighted by molar-refractivity contribution is 5.96. The van der Waals surface area contributed by atoms with Gasteiger partial charge in [-0.2, -0.15) is 8.78 Å². The number of ether oxygens (including phenoxy) is 2. The van der Waals surface area contributed by atoms with E-state index in [1.165, 1.54) is 24.3 Å². The molecular weight excluding hydrogens is 308 g/mol. The summed E-state index contributed by atoms with van der Waals surface area (Å²) in [6.07, 6.45) is -0.535. The molecule has 23 heavy (non-hydrogen) atoms. The summed E-state index contributed by atoms with van der Waals surface area (Å²) in [5.74, 6) is -0.242. The van der Waals surface area contributed by atoms with Crippen molar-refractivity contribution in [3.8, 4) is 5.75 Å². The molecule has 5 nitrogen and oxygen atoms in total. The Labute approximate surface area is 134 Å². The van der Waals surface area contributed by atoms with Crippen LogP contribution in [0.2, 0.25) is 0 Å². The van der Waals surface area contributed by atoms with Crippen molar-refractivity contribution in [3.63, 3.8) is 0 Å². The number of amides is 1. The molecule has 0 bridgehead atoms. The summed E-state index contributed by atoms with van der Waals surface area (Å²) in [7, 11) is 0. The van der Waals surface area contributed by atoms with Crippen LogP contribution in [0.5, 0.6) is 5.75 Å². The van der Waals surface area contributed by atoms with Gasteiger partial charge < -0.3 is 14.8 Å². The number of ketones is 1. The molecule has 0 aliphatic heterocycles. The maximum Gasteiger partial charge on any atom is 0.407 e. The highest BCUT2D eigenvalue weighted by Gasteiger charge is 2.19. The fourth-order valence-corrected chi connectivity index (χ4v) is 1.78. The van der Waals surface area contributed by atoms with Crippen molar-refractivity contribution >= 4 is 11.9 Å². The monoisotopic (exact) mass is 329 g/mol. The number of carbonyl (C=O) groups is 2. The molecular formula is C16H21F2NO4. The number of hydrogen-bond acceptors (Lipinski definition) is 4. The first-order valence-electron chi connectivity index (χ1n) is 7.14. The number of alkyl halides is 2. The molecule has 1 aromatic carbocycles.